The highest BCUT2D eigenvalue weighted by Gasteiger charge is 2.11. The van der Waals surface area contributed by atoms with Crippen molar-refractivity contribution in [2.75, 3.05) is 6.61 Å². The lowest BCUT2D eigenvalue weighted by atomic mass is 9.95. The van der Waals surface area contributed by atoms with Gasteiger partial charge in [-0.05, 0) is 40.6 Å². The molecule has 0 radical (unpaired) electrons. The third kappa shape index (κ3) is 3.16. The molecule has 0 amide bonds. The molecule has 0 fully saturated rings. The Kier molecular flexibility index (Phi) is 4.60. The molecule has 2 heteroatoms. The van der Waals surface area contributed by atoms with E-state index in [2.05, 4.69) is 42.5 Å². The van der Waals surface area contributed by atoms with Gasteiger partial charge in [0.25, 0.3) is 0 Å². The van der Waals surface area contributed by atoms with Gasteiger partial charge in [0.1, 0.15) is 5.75 Å². The summed E-state index contributed by atoms with van der Waals surface area (Å²) in [5, 5.41) is 14.3. The van der Waals surface area contributed by atoms with Crippen LogP contribution < -0.4 is 4.74 Å². The van der Waals surface area contributed by atoms with Crippen molar-refractivity contribution >= 4 is 33.2 Å². The number of allylic oxidation sites excluding steroid dienone is 1. The summed E-state index contributed by atoms with van der Waals surface area (Å²) in [7, 11) is 0. The van der Waals surface area contributed by atoms with Gasteiger partial charge >= 0.3 is 0 Å². The Hall–Kier alpha value is -3.57. The second-order valence-electron chi connectivity index (χ2n) is 6.33. The molecule has 27 heavy (non-hydrogen) atoms. The SMILES string of the molecule is CCOc1ccc2ccccc2c1/C=C(/C#N)c1cccc2ccccc12. The number of nitriles is 1. The van der Waals surface area contributed by atoms with E-state index in [1.54, 1.807) is 0 Å². The van der Waals surface area contributed by atoms with Crippen molar-refractivity contribution in [3.05, 3.63) is 90.0 Å². The van der Waals surface area contributed by atoms with Crippen LogP contribution in [-0.2, 0) is 0 Å². The normalized spacial score (nSPS) is 11.5. The fourth-order valence-electron chi connectivity index (χ4n) is 3.48. The highest BCUT2D eigenvalue weighted by atomic mass is 16.5. The standard InChI is InChI=1S/C25H19NO/c1-2-27-25-15-14-19-9-4-6-12-22(19)24(25)16-20(17-26)23-13-7-10-18-8-3-5-11-21(18)23/h3-16H,2H2,1H3/b20-16-. The van der Waals surface area contributed by atoms with Crippen molar-refractivity contribution in [1.29, 1.82) is 5.26 Å². The minimum Gasteiger partial charge on any atom is -0.493 e. The Bertz CT molecular complexity index is 1190. The maximum atomic E-state index is 9.93. The van der Waals surface area contributed by atoms with E-state index < -0.39 is 0 Å². The second-order valence-corrected chi connectivity index (χ2v) is 6.33. The third-order valence-electron chi connectivity index (χ3n) is 4.72. The summed E-state index contributed by atoms with van der Waals surface area (Å²) in [6.07, 6.45) is 1.95. The van der Waals surface area contributed by atoms with Gasteiger partial charge in [-0.2, -0.15) is 5.26 Å². The van der Waals surface area contributed by atoms with Crippen molar-refractivity contribution < 1.29 is 4.74 Å². The van der Waals surface area contributed by atoms with E-state index in [0.717, 1.165) is 38.4 Å². The van der Waals surface area contributed by atoms with Crippen LogP contribution in [0, 0.1) is 11.3 Å². The van der Waals surface area contributed by atoms with Crippen LogP contribution in [0.1, 0.15) is 18.1 Å². The van der Waals surface area contributed by atoms with Gasteiger partial charge < -0.3 is 4.74 Å². The smallest absolute Gasteiger partial charge is 0.127 e. The Labute approximate surface area is 158 Å². The van der Waals surface area contributed by atoms with Crippen LogP contribution in [0.15, 0.2) is 78.9 Å². The van der Waals surface area contributed by atoms with Crippen LogP contribution in [0.5, 0.6) is 5.75 Å². The summed E-state index contributed by atoms with van der Waals surface area (Å²) in [5.74, 6) is 0.796. The number of hydrogen-bond donors (Lipinski definition) is 0. The average molecular weight is 349 g/mol. The summed E-state index contributed by atoms with van der Waals surface area (Å²) in [6.45, 7) is 2.55. The lowest BCUT2D eigenvalue weighted by Crippen LogP contribution is -1.95. The van der Waals surface area contributed by atoms with Crippen molar-refractivity contribution in [2.24, 2.45) is 0 Å². The van der Waals surface area contributed by atoms with Gasteiger partial charge in [-0.3, -0.25) is 0 Å². The molecule has 0 saturated carbocycles. The van der Waals surface area contributed by atoms with E-state index in [-0.39, 0.29) is 0 Å². The molecule has 2 nitrogen and oxygen atoms in total. The first-order valence-corrected chi connectivity index (χ1v) is 9.06. The fraction of sp³-hybridized carbons (Fsp3) is 0.0800. The first-order valence-electron chi connectivity index (χ1n) is 9.06. The highest BCUT2D eigenvalue weighted by Crippen LogP contribution is 2.33. The lowest BCUT2D eigenvalue weighted by molar-refractivity contribution is 0.340. The molecule has 0 saturated heterocycles. The van der Waals surface area contributed by atoms with Crippen LogP contribution in [0.4, 0.5) is 0 Å². The van der Waals surface area contributed by atoms with Crippen LogP contribution in [-0.4, -0.2) is 6.61 Å². The van der Waals surface area contributed by atoms with E-state index in [4.69, 9.17) is 4.74 Å². The van der Waals surface area contributed by atoms with Gasteiger partial charge in [0.05, 0.1) is 18.2 Å². The molecule has 130 valence electrons. The number of rotatable bonds is 4. The summed E-state index contributed by atoms with van der Waals surface area (Å²) >= 11 is 0. The Balaban J connectivity index is 1.98. The van der Waals surface area contributed by atoms with Gasteiger partial charge in [-0.15, -0.1) is 0 Å². The molecule has 0 atom stereocenters. The predicted octanol–water partition coefficient (Wildman–Crippen LogP) is 6.46. The van der Waals surface area contributed by atoms with E-state index in [1.165, 1.54) is 0 Å². The zero-order valence-electron chi connectivity index (χ0n) is 15.1. The van der Waals surface area contributed by atoms with Gasteiger partial charge in [-0.1, -0.05) is 72.8 Å². The number of benzene rings is 4. The van der Waals surface area contributed by atoms with Crippen LogP contribution in [0.3, 0.4) is 0 Å². The summed E-state index contributed by atoms with van der Waals surface area (Å²) in [4.78, 5) is 0. The van der Waals surface area contributed by atoms with Crippen molar-refractivity contribution in [2.45, 2.75) is 6.92 Å². The molecule has 0 spiro atoms. The lowest BCUT2D eigenvalue weighted by Gasteiger charge is -2.12. The number of nitrogens with zero attached hydrogens (tertiary/aromatic N) is 1. The molecular weight excluding hydrogens is 330 g/mol. The number of hydrogen-bond acceptors (Lipinski definition) is 2. The molecule has 0 bridgehead atoms. The van der Waals surface area contributed by atoms with E-state index in [9.17, 15) is 5.26 Å². The molecule has 0 aliphatic heterocycles. The Morgan fingerprint density at radius 3 is 2.26 bits per heavy atom. The summed E-state index contributed by atoms with van der Waals surface area (Å²) in [6, 6.07) is 28.8. The molecule has 0 aromatic heterocycles. The summed E-state index contributed by atoms with van der Waals surface area (Å²) in [5.41, 5.74) is 2.51. The van der Waals surface area contributed by atoms with Gasteiger partial charge in [0, 0.05) is 11.1 Å². The van der Waals surface area contributed by atoms with Crippen LogP contribution in [0.25, 0.3) is 33.2 Å². The maximum absolute atomic E-state index is 9.93. The third-order valence-corrected chi connectivity index (χ3v) is 4.72. The van der Waals surface area contributed by atoms with E-state index >= 15 is 0 Å². The molecule has 0 unspecified atom stereocenters. The zero-order valence-corrected chi connectivity index (χ0v) is 15.1. The minimum absolute atomic E-state index is 0.579. The quantitative estimate of drug-likeness (QED) is 0.313. The molecule has 0 N–H and O–H groups in total. The fourth-order valence-corrected chi connectivity index (χ4v) is 3.48. The Morgan fingerprint density at radius 2 is 1.52 bits per heavy atom. The van der Waals surface area contributed by atoms with E-state index in [1.807, 2.05) is 55.5 Å². The molecule has 0 aliphatic rings. The zero-order chi connectivity index (χ0) is 18.6. The van der Waals surface area contributed by atoms with Crippen LogP contribution >= 0.6 is 0 Å². The topological polar surface area (TPSA) is 33.0 Å². The molecule has 0 heterocycles. The first kappa shape index (κ1) is 16.9. The second kappa shape index (κ2) is 7.35. The molecule has 4 aromatic carbocycles. The maximum Gasteiger partial charge on any atom is 0.127 e. The number of fused-ring (bicyclic) bond motifs is 2. The molecular formula is C25H19NO. The number of ether oxygens (including phenoxy) is 1. The van der Waals surface area contributed by atoms with E-state index in [0.29, 0.717) is 12.2 Å². The van der Waals surface area contributed by atoms with Gasteiger partial charge in [0.2, 0.25) is 0 Å². The largest absolute Gasteiger partial charge is 0.493 e. The van der Waals surface area contributed by atoms with Crippen LogP contribution in [0.2, 0.25) is 0 Å². The van der Waals surface area contributed by atoms with Crippen molar-refractivity contribution in [1.82, 2.24) is 0 Å². The molecule has 4 aromatic rings. The first-order chi connectivity index (χ1) is 13.3. The monoisotopic (exact) mass is 349 g/mol. The minimum atomic E-state index is 0.579. The Morgan fingerprint density at radius 1 is 0.852 bits per heavy atom. The van der Waals surface area contributed by atoms with Crippen molar-refractivity contribution in [3.63, 3.8) is 0 Å². The van der Waals surface area contributed by atoms with Crippen molar-refractivity contribution in [3.8, 4) is 11.8 Å². The average Bonchev–Trinajstić information content (AvgIpc) is 2.73. The van der Waals surface area contributed by atoms with Gasteiger partial charge in [0.15, 0.2) is 0 Å². The summed E-state index contributed by atoms with van der Waals surface area (Å²) < 4.78 is 5.86. The molecule has 4 rings (SSSR count). The highest BCUT2D eigenvalue weighted by molar-refractivity contribution is 6.05. The predicted molar refractivity (Wildman–Crippen MR) is 113 cm³/mol. The van der Waals surface area contributed by atoms with Gasteiger partial charge in [-0.25, -0.2) is 0 Å². The molecule has 0 aliphatic carbocycles.